The maximum Gasteiger partial charge on any atom is 0.459 e. The van der Waals surface area contributed by atoms with Gasteiger partial charge in [0, 0.05) is 5.92 Å². The molecule has 0 unspecified atom stereocenters. The number of aromatic nitrogens is 4. The Morgan fingerprint density at radius 1 is 1.32 bits per heavy atom. The van der Waals surface area contributed by atoms with Gasteiger partial charge in [-0.25, -0.2) is 14.5 Å². The molecular formula is C25H32N5O7P. The lowest BCUT2D eigenvalue weighted by molar-refractivity contribution is -0.149. The lowest BCUT2D eigenvalue weighted by Gasteiger charge is -2.25. The van der Waals surface area contributed by atoms with Gasteiger partial charge in [0.2, 0.25) is 0 Å². The second-order valence-electron chi connectivity index (χ2n) is 9.51. The number of aromatic amines is 1. The second-order valence-corrected chi connectivity index (χ2v) is 11.2. The van der Waals surface area contributed by atoms with Crippen LogP contribution < -0.4 is 15.2 Å². The topological polar surface area (TPSA) is 158 Å². The highest BCUT2D eigenvalue weighted by Crippen LogP contribution is 2.48. The van der Waals surface area contributed by atoms with E-state index in [9.17, 15) is 19.3 Å². The summed E-state index contributed by atoms with van der Waals surface area (Å²) in [5, 5.41) is 13.5. The highest BCUT2D eigenvalue weighted by Gasteiger charge is 2.41. The van der Waals surface area contributed by atoms with Crippen LogP contribution in [0.25, 0.3) is 11.2 Å². The van der Waals surface area contributed by atoms with Gasteiger partial charge in [-0.15, -0.1) is 0 Å². The SMILES string of the molecule is C=C1[C@H](CO[P@@](=O)(N[C@@H](C)C(=O)OC(C)C)Oc2ccccc2)[C@@H](O)C[C@@H]1n1cnc2c(=O)[nH]c(C)nc21. The van der Waals surface area contributed by atoms with E-state index in [1.54, 1.807) is 55.7 Å². The zero-order chi connectivity index (χ0) is 27.6. The first-order valence-corrected chi connectivity index (χ1v) is 13.8. The molecule has 1 fully saturated rings. The standard InChI is InChI=1S/C25H32N5O7P/c1-14(2)36-25(33)16(4)29-38(34,37-18-9-7-6-8-10-18)35-12-19-15(3)20(11-21(19)31)30-13-26-22-23(30)27-17(5)28-24(22)32/h6-10,13-14,16,19-21,31H,3,11-12H2,1-2,4-5H3,(H,29,34)(H,27,28,32)/t16-,19-,20-,21-,38-/m0/s1. The third-order valence-corrected chi connectivity index (χ3v) is 7.81. The molecule has 1 aromatic carbocycles. The van der Waals surface area contributed by atoms with E-state index in [-0.39, 0.29) is 36.0 Å². The van der Waals surface area contributed by atoms with E-state index in [4.69, 9.17) is 13.8 Å². The Labute approximate surface area is 219 Å². The van der Waals surface area contributed by atoms with Crippen LogP contribution >= 0.6 is 7.75 Å². The zero-order valence-corrected chi connectivity index (χ0v) is 22.6. The van der Waals surface area contributed by atoms with Gasteiger partial charge in [0.1, 0.15) is 17.6 Å². The predicted molar refractivity (Wildman–Crippen MR) is 140 cm³/mol. The summed E-state index contributed by atoms with van der Waals surface area (Å²) in [7, 11) is -4.11. The molecule has 0 bridgehead atoms. The highest BCUT2D eigenvalue weighted by atomic mass is 31.2. The van der Waals surface area contributed by atoms with E-state index >= 15 is 0 Å². The Morgan fingerprint density at radius 2 is 2.03 bits per heavy atom. The molecular weight excluding hydrogens is 513 g/mol. The van der Waals surface area contributed by atoms with Gasteiger partial charge in [0.15, 0.2) is 11.2 Å². The van der Waals surface area contributed by atoms with Crippen molar-refractivity contribution in [2.75, 3.05) is 6.61 Å². The normalized spacial score (nSPS) is 21.9. The number of fused-ring (bicyclic) bond motifs is 1. The molecule has 0 radical (unpaired) electrons. The summed E-state index contributed by atoms with van der Waals surface area (Å²) < 4.78 is 32.1. The van der Waals surface area contributed by atoms with Crippen LogP contribution in [0, 0.1) is 12.8 Å². The lowest BCUT2D eigenvalue weighted by atomic mass is 10.0. The first-order valence-electron chi connectivity index (χ1n) is 12.2. The number of imidazole rings is 1. The molecule has 0 spiro atoms. The summed E-state index contributed by atoms with van der Waals surface area (Å²) in [6.07, 6.45) is 0.511. The number of hydrogen-bond acceptors (Lipinski definition) is 9. The lowest BCUT2D eigenvalue weighted by Crippen LogP contribution is -2.36. The fourth-order valence-corrected chi connectivity index (χ4v) is 5.84. The fraction of sp³-hybridized carbons (Fsp3) is 0.440. The maximum absolute atomic E-state index is 13.8. The fourth-order valence-electron chi connectivity index (χ4n) is 4.33. The molecule has 13 heteroatoms. The van der Waals surface area contributed by atoms with Crippen molar-refractivity contribution in [2.45, 2.75) is 58.4 Å². The van der Waals surface area contributed by atoms with Gasteiger partial charge in [0.25, 0.3) is 5.56 Å². The summed E-state index contributed by atoms with van der Waals surface area (Å²) in [6.45, 7) is 10.5. The molecule has 4 rings (SSSR count). The van der Waals surface area contributed by atoms with Crippen molar-refractivity contribution < 1.29 is 28.3 Å². The first kappa shape index (κ1) is 27.7. The Kier molecular flexibility index (Phi) is 8.17. The monoisotopic (exact) mass is 545 g/mol. The number of carbonyl (C=O) groups is 1. The third-order valence-electron chi connectivity index (χ3n) is 6.17. The van der Waals surface area contributed by atoms with Crippen molar-refractivity contribution in [2.24, 2.45) is 5.92 Å². The summed E-state index contributed by atoms with van der Waals surface area (Å²) >= 11 is 0. The predicted octanol–water partition coefficient (Wildman–Crippen LogP) is 3.04. The number of ether oxygens (including phenoxy) is 1. The molecule has 3 N–H and O–H groups in total. The minimum absolute atomic E-state index is 0.185. The molecule has 3 aromatic rings. The molecule has 2 aromatic heterocycles. The minimum atomic E-state index is -4.11. The van der Waals surface area contributed by atoms with E-state index in [0.29, 0.717) is 17.0 Å². The number of benzene rings is 1. The second kappa shape index (κ2) is 11.2. The average Bonchev–Trinajstić information content (AvgIpc) is 3.38. The van der Waals surface area contributed by atoms with Crippen LogP contribution in [-0.4, -0.2) is 55.5 Å². The number of rotatable bonds is 10. The smallest absolute Gasteiger partial charge is 0.459 e. The number of aliphatic hydroxyl groups is 1. The van der Waals surface area contributed by atoms with Gasteiger partial charge in [-0.05, 0) is 51.8 Å². The van der Waals surface area contributed by atoms with Crippen LogP contribution in [0.5, 0.6) is 5.75 Å². The molecule has 204 valence electrons. The van der Waals surface area contributed by atoms with Crippen LogP contribution in [-0.2, 0) is 18.6 Å². The molecule has 0 saturated heterocycles. The Morgan fingerprint density at radius 3 is 2.71 bits per heavy atom. The van der Waals surface area contributed by atoms with Crippen LogP contribution in [0.15, 0.2) is 53.6 Å². The summed E-state index contributed by atoms with van der Waals surface area (Å²) in [4.78, 5) is 35.8. The largest absolute Gasteiger partial charge is 0.462 e. The van der Waals surface area contributed by atoms with Gasteiger partial charge in [-0.3, -0.25) is 14.1 Å². The highest BCUT2D eigenvalue weighted by molar-refractivity contribution is 7.52. The van der Waals surface area contributed by atoms with E-state index in [2.05, 4.69) is 26.6 Å². The van der Waals surface area contributed by atoms with Crippen molar-refractivity contribution in [3.8, 4) is 5.75 Å². The van der Waals surface area contributed by atoms with Gasteiger partial charge >= 0.3 is 13.7 Å². The minimum Gasteiger partial charge on any atom is -0.462 e. The number of aliphatic hydroxyl groups excluding tert-OH is 1. The number of H-pyrrole nitrogens is 1. The molecule has 38 heavy (non-hydrogen) atoms. The van der Waals surface area contributed by atoms with Crippen molar-refractivity contribution >= 4 is 24.9 Å². The van der Waals surface area contributed by atoms with Crippen molar-refractivity contribution in [1.82, 2.24) is 24.6 Å². The number of nitrogens with one attached hydrogen (secondary N) is 2. The molecule has 1 aliphatic carbocycles. The van der Waals surface area contributed by atoms with Gasteiger partial charge in [-0.2, -0.15) is 5.09 Å². The molecule has 2 heterocycles. The number of aryl methyl sites for hydroxylation is 1. The molecule has 5 atom stereocenters. The first-order chi connectivity index (χ1) is 18.0. The zero-order valence-electron chi connectivity index (χ0n) is 21.7. The van der Waals surface area contributed by atoms with Crippen LogP contribution in [0.2, 0.25) is 0 Å². The summed E-state index contributed by atoms with van der Waals surface area (Å²) in [5.74, 6) is -0.528. The van der Waals surface area contributed by atoms with E-state index in [0.717, 1.165) is 0 Å². The Balaban J connectivity index is 1.53. The van der Waals surface area contributed by atoms with Crippen molar-refractivity contribution in [3.05, 3.63) is 65.0 Å². The summed E-state index contributed by atoms with van der Waals surface area (Å²) in [6, 6.07) is 6.99. The Hall–Kier alpha value is -3.31. The quantitative estimate of drug-likeness (QED) is 0.196. The third kappa shape index (κ3) is 6.05. The van der Waals surface area contributed by atoms with Crippen molar-refractivity contribution in [3.63, 3.8) is 0 Å². The molecule has 0 amide bonds. The van der Waals surface area contributed by atoms with Crippen LogP contribution in [0.1, 0.15) is 39.1 Å². The number of para-hydroxylation sites is 1. The number of esters is 1. The van der Waals surface area contributed by atoms with E-state index < -0.39 is 37.8 Å². The van der Waals surface area contributed by atoms with E-state index in [1.807, 2.05) is 0 Å². The molecule has 0 aliphatic heterocycles. The Bertz CT molecular complexity index is 1420. The van der Waals surface area contributed by atoms with Crippen molar-refractivity contribution in [1.29, 1.82) is 0 Å². The molecule has 1 saturated carbocycles. The number of carbonyl (C=O) groups excluding carboxylic acids is 1. The van der Waals surface area contributed by atoms with Gasteiger partial charge in [0.05, 0.1) is 31.2 Å². The summed E-state index contributed by atoms with van der Waals surface area (Å²) in [5.41, 5.74) is 0.800. The molecule has 1 aliphatic rings. The average molecular weight is 546 g/mol. The van der Waals surface area contributed by atoms with E-state index in [1.165, 1.54) is 13.3 Å². The molecule has 12 nitrogen and oxygen atoms in total. The number of hydrogen-bond donors (Lipinski definition) is 3. The maximum atomic E-state index is 13.8. The van der Waals surface area contributed by atoms with Crippen LogP contribution in [0.4, 0.5) is 0 Å². The van der Waals surface area contributed by atoms with Crippen LogP contribution in [0.3, 0.4) is 0 Å². The number of nitrogens with zero attached hydrogens (tertiary/aromatic N) is 3. The van der Waals surface area contributed by atoms with Gasteiger partial charge < -0.3 is 23.9 Å². The van der Waals surface area contributed by atoms with Gasteiger partial charge in [-0.1, -0.05) is 24.8 Å².